The molecule has 1 saturated heterocycles. The molecule has 1 fully saturated rings. The van der Waals surface area contributed by atoms with Crippen molar-refractivity contribution in [3.63, 3.8) is 0 Å². The first-order chi connectivity index (χ1) is 5.22. The molecule has 3 heteroatoms. The lowest BCUT2D eigenvalue weighted by Gasteiger charge is -2.17. The van der Waals surface area contributed by atoms with Gasteiger partial charge in [-0.2, -0.15) is 0 Å². The van der Waals surface area contributed by atoms with Crippen LogP contribution in [-0.4, -0.2) is 31.0 Å². The van der Waals surface area contributed by atoms with Gasteiger partial charge in [-0.3, -0.25) is 4.90 Å². The van der Waals surface area contributed by atoms with Crippen LogP contribution >= 0.6 is 0 Å². The third-order valence-electron chi connectivity index (χ3n) is 1.87. The number of likely N-dealkylation sites (tertiary alicyclic amines) is 1. The van der Waals surface area contributed by atoms with Crippen LogP contribution < -0.4 is 0 Å². The molecule has 0 radical (unpaired) electrons. The lowest BCUT2D eigenvalue weighted by atomic mass is 10.2. The third-order valence-corrected chi connectivity index (χ3v) is 1.87. The highest BCUT2D eigenvalue weighted by Crippen LogP contribution is 2.20. The third kappa shape index (κ3) is 3.14. The first-order valence-electron chi connectivity index (χ1n) is 4.20. The van der Waals surface area contributed by atoms with Crippen molar-refractivity contribution in [2.45, 2.75) is 39.2 Å². The van der Waals surface area contributed by atoms with Crippen molar-refractivity contribution in [1.29, 1.82) is 0 Å². The highest BCUT2D eigenvalue weighted by atomic mass is 19.3. The maximum atomic E-state index is 11.9. The number of nitrogens with zero attached hydrogens (tertiary/aromatic N) is 1. The van der Waals surface area contributed by atoms with Crippen LogP contribution in [0.15, 0.2) is 0 Å². The van der Waals surface area contributed by atoms with Gasteiger partial charge in [-0.1, -0.05) is 13.8 Å². The highest BCUT2D eigenvalue weighted by molar-refractivity contribution is 4.77. The molecule has 1 aliphatic rings. The van der Waals surface area contributed by atoms with Gasteiger partial charge < -0.3 is 0 Å². The van der Waals surface area contributed by atoms with Gasteiger partial charge in [-0.05, 0) is 26.4 Å². The molecule has 1 atom stereocenters. The Balaban J connectivity index is 0.000000461. The molecule has 0 saturated carbocycles. The molecule has 0 spiro atoms. The normalized spacial score (nSPS) is 25.1. The quantitative estimate of drug-likeness (QED) is 0.576. The van der Waals surface area contributed by atoms with Gasteiger partial charge in [0.2, 0.25) is 0 Å². The van der Waals surface area contributed by atoms with Crippen molar-refractivity contribution in [1.82, 2.24) is 4.90 Å². The van der Waals surface area contributed by atoms with E-state index in [1.54, 1.807) is 11.9 Å². The van der Waals surface area contributed by atoms with Gasteiger partial charge in [0.1, 0.15) is 0 Å². The Labute approximate surface area is 67.4 Å². The molecule has 1 nitrogen and oxygen atoms in total. The van der Waals surface area contributed by atoms with Crippen molar-refractivity contribution in [2.75, 3.05) is 13.6 Å². The summed E-state index contributed by atoms with van der Waals surface area (Å²) in [6.45, 7) is 4.83. The fourth-order valence-corrected chi connectivity index (χ4v) is 1.25. The van der Waals surface area contributed by atoms with E-state index in [-0.39, 0.29) is 0 Å². The topological polar surface area (TPSA) is 3.24 Å². The lowest BCUT2D eigenvalue weighted by molar-refractivity contribution is 0.0589. The zero-order valence-electron chi connectivity index (χ0n) is 7.48. The van der Waals surface area contributed by atoms with Gasteiger partial charge in [-0.15, -0.1) is 0 Å². The number of hydrogen-bond acceptors (Lipinski definition) is 1. The Morgan fingerprint density at radius 2 is 1.91 bits per heavy atom. The summed E-state index contributed by atoms with van der Waals surface area (Å²) in [6.07, 6.45) is -0.572. The van der Waals surface area contributed by atoms with Gasteiger partial charge in [0.15, 0.2) is 0 Å². The summed E-state index contributed by atoms with van der Waals surface area (Å²) >= 11 is 0. The zero-order valence-corrected chi connectivity index (χ0v) is 7.48. The van der Waals surface area contributed by atoms with E-state index in [4.69, 9.17) is 0 Å². The Morgan fingerprint density at radius 1 is 1.36 bits per heavy atom. The average molecular weight is 165 g/mol. The predicted molar refractivity (Wildman–Crippen MR) is 43.0 cm³/mol. The largest absolute Gasteiger partial charge is 0.298 e. The van der Waals surface area contributed by atoms with E-state index in [1.165, 1.54) is 0 Å². The predicted octanol–water partition coefficient (Wildman–Crippen LogP) is 2.37. The van der Waals surface area contributed by atoms with Crippen LogP contribution in [0, 0.1) is 0 Å². The minimum Gasteiger partial charge on any atom is -0.298 e. The minimum atomic E-state index is -2.16. The average Bonchev–Trinajstić information content (AvgIpc) is 2.39. The molecular formula is C8H17F2N. The number of halogens is 2. The van der Waals surface area contributed by atoms with Crippen LogP contribution in [0.5, 0.6) is 0 Å². The number of hydrogen-bond donors (Lipinski definition) is 0. The summed E-state index contributed by atoms with van der Waals surface area (Å²) in [5.74, 6) is 0. The van der Waals surface area contributed by atoms with Gasteiger partial charge in [-0.25, -0.2) is 8.78 Å². The standard InChI is InChI=1S/C6H11F2N.C2H6/c1-9-4-2-3-5(9)6(7)8;1-2/h5-6H,2-4H2,1H3;1-2H3. The maximum absolute atomic E-state index is 11.9. The SMILES string of the molecule is CC.CN1CCCC1C(F)F. The second kappa shape index (κ2) is 5.47. The lowest BCUT2D eigenvalue weighted by Crippen LogP contribution is -2.31. The summed E-state index contributed by atoms with van der Waals surface area (Å²) in [7, 11) is 1.75. The van der Waals surface area contributed by atoms with E-state index >= 15 is 0 Å². The van der Waals surface area contributed by atoms with Crippen molar-refractivity contribution in [2.24, 2.45) is 0 Å². The molecule has 11 heavy (non-hydrogen) atoms. The summed E-state index contributed by atoms with van der Waals surface area (Å²) in [5, 5.41) is 0. The minimum absolute atomic E-state index is 0.468. The molecule has 1 aliphatic heterocycles. The Morgan fingerprint density at radius 3 is 2.09 bits per heavy atom. The van der Waals surface area contributed by atoms with Gasteiger partial charge in [0, 0.05) is 0 Å². The Bertz CT molecular complexity index is 96.1. The molecule has 0 bridgehead atoms. The maximum Gasteiger partial charge on any atom is 0.253 e. The van der Waals surface area contributed by atoms with Crippen molar-refractivity contribution >= 4 is 0 Å². The van der Waals surface area contributed by atoms with E-state index in [1.807, 2.05) is 13.8 Å². The molecule has 1 heterocycles. The van der Waals surface area contributed by atoms with E-state index < -0.39 is 12.5 Å². The first kappa shape index (κ1) is 10.8. The zero-order chi connectivity index (χ0) is 8.85. The molecule has 0 aromatic carbocycles. The molecule has 0 aromatic rings. The summed E-state index contributed by atoms with van der Waals surface area (Å²) < 4.78 is 23.9. The van der Waals surface area contributed by atoms with Crippen molar-refractivity contribution < 1.29 is 8.78 Å². The monoisotopic (exact) mass is 165 g/mol. The molecular weight excluding hydrogens is 148 g/mol. The van der Waals surface area contributed by atoms with E-state index in [0.717, 1.165) is 13.0 Å². The Hall–Kier alpha value is -0.180. The van der Waals surface area contributed by atoms with Crippen LogP contribution in [0.2, 0.25) is 0 Å². The summed E-state index contributed by atoms with van der Waals surface area (Å²) in [6, 6.07) is -0.468. The second-order valence-electron chi connectivity index (χ2n) is 2.52. The summed E-state index contributed by atoms with van der Waals surface area (Å²) in [5.41, 5.74) is 0. The second-order valence-corrected chi connectivity index (χ2v) is 2.52. The van der Waals surface area contributed by atoms with Crippen LogP contribution in [-0.2, 0) is 0 Å². The van der Waals surface area contributed by atoms with Crippen LogP contribution in [0.3, 0.4) is 0 Å². The number of rotatable bonds is 1. The van der Waals surface area contributed by atoms with E-state index in [2.05, 4.69) is 0 Å². The van der Waals surface area contributed by atoms with Crippen LogP contribution in [0.4, 0.5) is 8.78 Å². The smallest absolute Gasteiger partial charge is 0.253 e. The van der Waals surface area contributed by atoms with Gasteiger partial charge in [0.25, 0.3) is 6.43 Å². The van der Waals surface area contributed by atoms with Crippen LogP contribution in [0.1, 0.15) is 26.7 Å². The molecule has 68 valence electrons. The molecule has 0 aliphatic carbocycles. The fourth-order valence-electron chi connectivity index (χ4n) is 1.25. The van der Waals surface area contributed by atoms with Gasteiger partial charge in [0.05, 0.1) is 6.04 Å². The first-order valence-corrected chi connectivity index (χ1v) is 4.20. The van der Waals surface area contributed by atoms with E-state index in [0.29, 0.717) is 6.42 Å². The molecule has 1 rings (SSSR count). The fraction of sp³-hybridized carbons (Fsp3) is 1.00. The summed E-state index contributed by atoms with van der Waals surface area (Å²) in [4.78, 5) is 1.73. The highest BCUT2D eigenvalue weighted by Gasteiger charge is 2.28. The Kier molecular flexibility index (Phi) is 5.38. The van der Waals surface area contributed by atoms with Crippen molar-refractivity contribution in [3.05, 3.63) is 0 Å². The molecule has 1 unspecified atom stereocenters. The van der Waals surface area contributed by atoms with Gasteiger partial charge >= 0.3 is 0 Å². The number of alkyl halides is 2. The molecule has 0 amide bonds. The van der Waals surface area contributed by atoms with E-state index in [9.17, 15) is 8.78 Å². The molecule has 0 N–H and O–H groups in total. The molecule has 0 aromatic heterocycles. The van der Waals surface area contributed by atoms with Crippen LogP contribution in [0.25, 0.3) is 0 Å². The van der Waals surface area contributed by atoms with Crippen molar-refractivity contribution in [3.8, 4) is 0 Å².